The van der Waals surface area contributed by atoms with Gasteiger partial charge in [-0.3, -0.25) is 14.2 Å². The molecule has 2 rings (SSSR count). The second-order valence-corrected chi connectivity index (χ2v) is 8.38. The van der Waals surface area contributed by atoms with Crippen molar-refractivity contribution in [3.05, 3.63) is 49.4 Å². The van der Waals surface area contributed by atoms with Gasteiger partial charge >= 0.3 is 6.61 Å². The van der Waals surface area contributed by atoms with Crippen LogP contribution in [0.4, 0.5) is 8.78 Å². The first-order valence-corrected chi connectivity index (χ1v) is 9.85. The first-order chi connectivity index (χ1) is 14.1. The number of hydrogen-bond donors (Lipinski definition) is 0. The number of nitrogens with zero attached hydrogens (tertiary/aromatic N) is 2. The van der Waals surface area contributed by atoms with Gasteiger partial charge in [0.1, 0.15) is 22.1 Å². The number of ketones is 1. The van der Waals surface area contributed by atoms with E-state index in [-0.39, 0.29) is 39.2 Å². The minimum atomic E-state index is -3.01. The molecule has 0 atom stereocenters. The molecule has 0 unspecified atom stereocenters. The third-order valence-corrected chi connectivity index (χ3v) is 5.21. The largest absolute Gasteiger partial charge is 0.434 e. The fourth-order valence-electron chi connectivity index (χ4n) is 2.61. The maximum absolute atomic E-state index is 13.0. The first kappa shape index (κ1) is 23.4. The lowest BCUT2D eigenvalue weighted by molar-refractivity contribution is -0.120. The van der Waals surface area contributed by atoms with Gasteiger partial charge in [0.25, 0.3) is 5.56 Å². The van der Waals surface area contributed by atoms with Gasteiger partial charge in [-0.1, -0.05) is 39.0 Å². The molecule has 0 amide bonds. The highest BCUT2D eigenvalue weighted by molar-refractivity contribution is 7.07. The maximum atomic E-state index is 13.0. The molecule has 0 aliphatic rings. The van der Waals surface area contributed by atoms with Crippen LogP contribution in [0.3, 0.4) is 0 Å². The molecule has 30 heavy (non-hydrogen) atoms. The van der Waals surface area contributed by atoms with Gasteiger partial charge in [0.2, 0.25) is 0 Å². The van der Waals surface area contributed by atoms with Gasteiger partial charge in [0.05, 0.1) is 17.7 Å². The van der Waals surface area contributed by atoms with E-state index < -0.39 is 23.4 Å². The second kappa shape index (κ2) is 9.78. The van der Waals surface area contributed by atoms with Crippen LogP contribution < -0.4 is 19.5 Å². The van der Waals surface area contributed by atoms with Gasteiger partial charge in [-0.15, -0.1) is 11.3 Å². The van der Waals surface area contributed by atoms with Crippen molar-refractivity contribution in [2.45, 2.75) is 33.9 Å². The predicted octanol–water partition coefficient (Wildman–Crippen LogP) is 2.28. The van der Waals surface area contributed by atoms with E-state index in [0.717, 1.165) is 11.3 Å². The van der Waals surface area contributed by atoms with Crippen LogP contribution in [-0.4, -0.2) is 30.7 Å². The highest BCUT2D eigenvalue weighted by Gasteiger charge is 2.27. The van der Waals surface area contributed by atoms with Gasteiger partial charge in [-0.05, 0) is 12.1 Å². The molecule has 0 saturated heterocycles. The van der Waals surface area contributed by atoms with Crippen LogP contribution in [0.2, 0.25) is 0 Å². The molecule has 0 saturated carbocycles. The molecule has 0 aliphatic carbocycles. The van der Waals surface area contributed by atoms with Gasteiger partial charge in [0, 0.05) is 18.1 Å². The molecular formula is C21H22F2N2O4S. The van der Waals surface area contributed by atoms with Crippen molar-refractivity contribution in [1.29, 1.82) is 5.26 Å². The maximum Gasteiger partial charge on any atom is 0.387 e. The number of carbonyl (C=O) groups excluding carboxylic acids is 1. The van der Waals surface area contributed by atoms with E-state index >= 15 is 0 Å². The number of halogens is 2. The van der Waals surface area contributed by atoms with E-state index in [1.807, 2.05) is 6.07 Å². The van der Waals surface area contributed by atoms with E-state index in [1.165, 1.54) is 36.0 Å². The highest BCUT2D eigenvalue weighted by Crippen LogP contribution is 2.21. The molecule has 0 bridgehead atoms. The summed E-state index contributed by atoms with van der Waals surface area (Å²) in [6.45, 7) is 2.36. The summed E-state index contributed by atoms with van der Waals surface area (Å²) in [4.78, 5) is 25.8. The predicted molar refractivity (Wildman–Crippen MR) is 110 cm³/mol. The van der Waals surface area contributed by atoms with Crippen LogP contribution in [0.1, 0.15) is 26.3 Å². The van der Waals surface area contributed by atoms with Crippen molar-refractivity contribution in [1.82, 2.24) is 4.57 Å². The van der Waals surface area contributed by atoms with Crippen molar-refractivity contribution in [2.24, 2.45) is 5.41 Å². The number of thiazole rings is 1. The van der Waals surface area contributed by atoms with E-state index in [4.69, 9.17) is 4.74 Å². The van der Waals surface area contributed by atoms with Gasteiger partial charge in [-0.25, -0.2) is 0 Å². The average molecular weight is 436 g/mol. The average Bonchev–Trinajstić information content (AvgIpc) is 2.96. The Bertz CT molecular complexity index is 1140. The molecule has 1 aromatic carbocycles. The standard InChI is InChI=1S/C21H22F2N2O4S/c1-21(2,3)17(26)14(12-24)19-25(9-10-28-4)18(27)16(30-19)11-13-7-5-6-8-15(13)29-20(22)23/h5-8,11,20H,9-10H2,1-4H3/b16-11-,19-14+. The Kier molecular flexibility index (Phi) is 7.65. The minimum Gasteiger partial charge on any atom is -0.434 e. The minimum absolute atomic E-state index is 0.0828. The van der Waals surface area contributed by atoms with Crippen LogP contribution in [0.25, 0.3) is 11.6 Å². The molecule has 1 aromatic heterocycles. The molecular weight excluding hydrogens is 414 g/mol. The summed E-state index contributed by atoms with van der Waals surface area (Å²) in [6.07, 6.45) is 1.41. The zero-order chi connectivity index (χ0) is 22.5. The van der Waals surface area contributed by atoms with Crippen molar-refractivity contribution in [3.63, 3.8) is 0 Å². The Labute approximate surface area is 176 Å². The zero-order valence-corrected chi connectivity index (χ0v) is 17.9. The molecule has 0 N–H and O–H groups in total. The normalized spacial score (nSPS) is 13.3. The molecule has 0 radical (unpaired) electrons. The first-order valence-electron chi connectivity index (χ1n) is 9.03. The summed E-state index contributed by atoms with van der Waals surface area (Å²) in [6, 6.07) is 7.98. The third-order valence-electron chi connectivity index (χ3n) is 4.08. The number of hydrogen-bond acceptors (Lipinski definition) is 6. The number of para-hydroxylation sites is 1. The number of nitriles is 1. The summed E-state index contributed by atoms with van der Waals surface area (Å²) in [7, 11) is 1.47. The van der Waals surface area contributed by atoms with Crippen molar-refractivity contribution < 1.29 is 23.0 Å². The quantitative estimate of drug-likeness (QED) is 0.665. The Hall–Kier alpha value is -2.83. The number of aromatic nitrogens is 1. The fourth-order valence-corrected chi connectivity index (χ4v) is 3.72. The Balaban J connectivity index is 2.82. The summed E-state index contributed by atoms with van der Waals surface area (Å²) in [5.74, 6) is -0.481. The molecule has 6 nitrogen and oxygen atoms in total. The topological polar surface area (TPSA) is 81.3 Å². The van der Waals surface area contributed by atoms with E-state index in [2.05, 4.69) is 4.74 Å². The number of Topliss-reactive ketones (excluding diaryl/α,β-unsaturated/α-hetero) is 1. The van der Waals surface area contributed by atoms with Crippen LogP contribution in [0, 0.1) is 16.7 Å². The monoisotopic (exact) mass is 436 g/mol. The summed E-state index contributed by atoms with van der Waals surface area (Å²) >= 11 is 0.952. The Morgan fingerprint density at radius 3 is 2.57 bits per heavy atom. The number of carbonyl (C=O) groups is 1. The molecule has 9 heteroatoms. The van der Waals surface area contributed by atoms with Gasteiger partial charge in [-0.2, -0.15) is 14.0 Å². The zero-order valence-electron chi connectivity index (χ0n) is 17.1. The lowest BCUT2D eigenvalue weighted by atomic mass is 9.87. The summed E-state index contributed by atoms with van der Waals surface area (Å²) in [5, 5.41) is 9.63. The molecule has 160 valence electrons. The van der Waals surface area contributed by atoms with Crippen LogP contribution in [-0.2, 0) is 16.1 Å². The van der Waals surface area contributed by atoms with E-state index in [1.54, 1.807) is 26.8 Å². The van der Waals surface area contributed by atoms with Gasteiger partial charge < -0.3 is 9.47 Å². The fraction of sp³-hybridized carbons (Fsp3) is 0.381. The van der Waals surface area contributed by atoms with Crippen molar-refractivity contribution in [3.8, 4) is 11.8 Å². The van der Waals surface area contributed by atoms with Crippen LogP contribution in [0.15, 0.2) is 29.1 Å². The van der Waals surface area contributed by atoms with E-state index in [0.29, 0.717) is 0 Å². The lowest BCUT2D eigenvalue weighted by Crippen LogP contribution is -2.35. The molecule has 0 aliphatic heterocycles. The smallest absolute Gasteiger partial charge is 0.387 e. The molecule has 2 aromatic rings. The Morgan fingerprint density at radius 1 is 1.33 bits per heavy atom. The SMILES string of the molecule is COCCn1c(=O)/c(=C/c2ccccc2OC(F)F)s/c1=C(\C#N)C(=O)C(C)(C)C. The molecule has 0 fully saturated rings. The van der Waals surface area contributed by atoms with Crippen molar-refractivity contribution in [2.75, 3.05) is 13.7 Å². The second-order valence-electron chi connectivity index (χ2n) is 7.35. The van der Waals surface area contributed by atoms with Crippen LogP contribution >= 0.6 is 11.3 Å². The third kappa shape index (κ3) is 5.40. The van der Waals surface area contributed by atoms with Gasteiger partial charge in [0.15, 0.2) is 5.78 Å². The number of benzene rings is 1. The summed E-state index contributed by atoms with van der Waals surface area (Å²) in [5.41, 5.74) is -1.12. The lowest BCUT2D eigenvalue weighted by Gasteiger charge is -2.15. The molecule has 0 spiro atoms. The van der Waals surface area contributed by atoms with Crippen molar-refractivity contribution >= 4 is 28.8 Å². The van der Waals surface area contributed by atoms with E-state index in [9.17, 15) is 23.6 Å². The number of alkyl halides is 2. The molecule has 1 heterocycles. The number of methoxy groups -OCH3 is 1. The summed E-state index contributed by atoms with van der Waals surface area (Å²) < 4.78 is 36.6. The Morgan fingerprint density at radius 2 is 2.00 bits per heavy atom. The number of rotatable bonds is 7. The number of ether oxygens (including phenoxy) is 2. The highest BCUT2D eigenvalue weighted by atomic mass is 32.1. The van der Waals surface area contributed by atoms with Crippen LogP contribution in [0.5, 0.6) is 5.75 Å².